The molecular formula is C22H33N5O5. The number of carboxylic acids is 1. The summed E-state index contributed by atoms with van der Waals surface area (Å²) in [5.41, 5.74) is 12.4. The molecule has 0 saturated carbocycles. The number of carbonyl (C=O) groups excluding carboxylic acids is 3. The highest BCUT2D eigenvalue weighted by atomic mass is 16.4. The molecule has 32 heavy (non-hydrogen) atoms. The normalized spacial score (nSPS) is 17.4. The lowest BCUT2D eigenvalue weighted by molar-refractivity contribution is -0.142. The maximum Gasteiger partial charge on any atom is 0.326 e. The van der Waals surface area contributed by atoms with Crippen molar-refractivity contribution < 1.29 is 24.3 Å². The molecule has 10 heteroatoms. The second kappa shape index (κ2) is 12.8. The summed E-state index contributed by atoms with van der Waals surface area (Å²) in [5.74, 6) is -2.49. The van der Waals surface area contributed by atoms with Gasteiger partial charge < -0.3 is 32.1 Å². The summed E-state index contributed by atoms with van der Waals surface area (Å²) in [6.45, 7) is 0.504. The smallest absolute Gasteiger partial charge is 0.326 e. The number of unbranched alkanes of at least 4 members (excludes halogenated alkanes) is 1. The van der Waals surface area contributed by atoms with E-state index < -0.39 is 35.9 Å². The van der Waals surface area contributed by atoms with Gasteiger partial charge in [0, 0.05) is 6.54 Å². The van der Waals surface area contributed by atoms with E-state index in [1.807, 2.05) is 30.3 Å². The molecule has 1 aromatic carbocycles. The van der Waals surface area contributed by atoms with E-state index in [9.17, 15) is 24.3 Å². The Kier molecular flexibility index (Phi) is 10.1. The lowest BCUT2D eigenvalue weighted by atomic mass is 10.1. The number of benzene rings is 1. The summed E-state index contributed by atoms with van der Waals surface area (Å²) in [7, 11) is 0. The van der Waals surface area contributed by atoms with Crippen LogP contribution in [-0.2, 0) is 25.6 Å². The number of rotatable bonds is 12. The minimum Gasteiger partial charge on any atom is -0.480 e. The molecule has 7 N–H and O–H groups in total. The predicted molar refractivity (Wildman–Crippen MR) is 118 cm³/mol. The summed E-state index contributed by atoms with van der Waals surface area (Å²) >= 11 is 0. The first-order chi connectivity index (χ1) is 15.3. The third-order valence-electron chi connectivity index (χ3n) is 5.46. The molecule has 2 rings (SSSR count). The van der Waals surface area contributed by atoms with Gasteiger partial charge in [0.05, 0.1) is 12.6 Å². The highest BCUT2D eigenvalue weighted by Gasteiger charge is 2.36. The Balaban J connectivity index is 1.85. The number of nitrogens with one attached hydrogen (secondary N) is 2. The molecular weight excluding hydrogens is 414 g/mol. The van der Waals surface area contributed by atoms with Crippen molar-refractivity contribution in [2.24, 2.45) is 11.5 Å². The van der Waals surface area contributed by atoms with Crippen LogP contribution in [0.1, 0.15) is 37.7 Å². The van der Waals surface area contributed by atoms with E-state index in [2.05, 4.69) is 10.6 Å². The van der Waals surface area contributed by atoms with Gasteiger partial charge in [0.1, 0.15) is 12.1 Å². The number of hydrogen-bond donors (Lipinski definition) is 5. The first-order valence-electron chi connectivity index (χ1n) is 10.9. The van der Waals surface area contributed by atoms with E-state index in [1.54, 1.807) is 0 Å². The molecule has 1 fully saturated rings. The van der Waals surface area contributed by atoms with Gasteiger partial charge in [0.25, 0.3) is 0 Å². The highest BCUT2D eigenvalue weighted by molar-refractivity contribution is 5.93. The predicted octanol–water partition coefficient (Wildman–Crippen LogP) is -0.638. The molecule has 3 unspecified atom stereocenters. The summed E-state index contributed by atoms with van der Waals surface area (Å²) in [5, 5.41) is 14.2. The van der Waals surface area contributed by atoms with E-state index in [0.717, 1.165) is 5.56 Å². The maximum absolute atomic E-state index is 12.8. The first-order valence-corrected chi connectivity index (χ1v) is 10.9. The van der Waals surface area contributed by atoms with Gasteiger partial charge in [0.15, 0.2) is 0 Å². The van der Waals surface area contributed by atoms with Crippen LogP contribution in [0.5, 0.6) is 0 Å². The number of amides is 3. The molecule has 1 aromatic rings. The van der Waals surface area contributed by atoms with Crippen molar-refractivity contribution in [3.05, 3.63) is 35.9 Å². The van der Waals surface area contributed by atoms with Crippen LogP contribution in [-0.4, -0.2) is 71.5 Å². The van der Waals surface area contributed by atoms with E-state index in [-0.39, 0.29) is 18.9 Å². The number of carbonyl (C=O) groups is 4. The number of hydrogen-bond acceptors (Lipinski definition) is 6. The molecule has 1 saturated heterocycles. The fraction of sp³-hybridized carbons (Fsp3) is 0.545. The Morgan fingerprint density at radius 3 is 2.53 bits per heavy atom. The van der Waals surface area contributed by atoms with Crippen LogP contribution in [0.2, 0.25) is 0 Å². The lowest BCUT2D eigenvalue weighted by Gasteiger charge is -2.26. The Morgan fingerprint density at radius 2 is 1.88 bits per heavy atom. The van der Waals surface area contributed by atoms with Gasteiger partial charge in [-0.05, 0) is 50.6 Å². The fourth-order valence-electron chi connectivity index (χ4n) is 3.75. The molecule has 176 valence electrons. The molecule has 0 bridgehead atoms. The second-order valence-electron chi connectivity index (χ2n) is 7.95. The van der Waals surface area contributed by atoms with Crippen molar-refractivity contribution >= 4 is 23.7 Å². The average Bonchev–Trinajstić information content (AvgIpc) is 3.27. The van der Waals surface area contributed by atoms with Crippen molar-refractivity contribution in [3.63, 3.8) is 0 Å². The van der Waals surface area contributed by atoms with Gasteiger partial charge in [0.2, 0.25) is 17.7 Å². The fourth-order valence-corrected chi connectivity index (χ4v) is 3.75. The lowest BCUT2D eigenvalue weighted by Crippen LogP contribution is -2.53. The second-order valence-corrected chi connectivity index (χ2v) is 7.95. The molecule has 1 aliphatic heterocycles. The zero-order valence-electron chi connectivity index (χ0n) is 18.2. The zero-order valence-corrected chi connectivity index (χ0v) is 18.2. The molecule has 10 nitrogen and oxygen atoms in total. The molecule has 0 aromatic heterocycles. The van der Waals surface area contributed by atoms with E-state index in [0.29, 0.717) is 45.2 Å². The number of aliphatic carboxylic acids is 1. The Morgan fingerprint density at radius 1 is 1.16 bits per heavy atom. The standard InChI is InChI=1S/C22H33N5O5/c23-11-5-4-9-17(22(31)32)26-19(28)14-25-20(29)18-10-6-12-27(18)21(30)16(24)13-15-7-2-1-3-8-15/h1-3,7-8,16-18H,4-6,9-14,23-24H2,(H,25,29)(H,26,28)(H,31,32). The van der Waals surface area contributed by atoms with E-state index in [4.69, 9.17) is 11.5 Å². The Hall–Kier alpha value is -2.98. The van der Waals surface area contributed by atoms with Crippen molar-refractivity contribution in [3.8, 4) is 0 Å². The molecule has 3 amide bonds. The molecule has 0 spiro atoms. The number of nitrogens with zero attached hydrogens (tertiary/aromatic N) is 1. The Bertz CT molecular complexity index is 788. The van der Waals surface area contributed by atoms with Crippen molar-refractivity contribution in [2.75, 3.05) is 19.6 Å². The number of carboxylic acid groups (broad SMARTS) is 1. The average molecular weight is 448 g/mol. The van der Waals surface area contributed by atoms with Gasteiger partial charge >= 0.3 is 5.97 Å². The van der Waals surface area contributed by atoms with Gasteiger partial charge in [-0.25, -0.2) is 4.79 Å². The third kappa shape index (κ3) is 7.61. The van der Waals surface area contributed by atoms with Crippen LogP contribution in [0, 0.1) is 0 Å². The number of nitrogens with two attached hydrogens (primary N) is 2. The topological polar surface area (TPSA) is 168 Å². The zero-order chi connectivity index (χ0) is 23.5. The van der Waals surface area contributed by atoms with Crippen molar-refractivity contribution in [1.29, 1.82) is 0 Å². The van der Waals surface area contributed by atoms with Crippen LogP contribution in [0.15, 0.2) is 30.3 Å². The third-order valence-corrected chi connectivity index (χ3v) is 5.46. The minimum atomic E-state index is -1.14. The molecule has 1 heterocycles. The van der Waals surface area contributed by atoms with Crippen LogP contribution < -0.4 is 22.1 Å². The maximum atomic E-state index is 12.8. The van der Waals surface area contributed by atoms with Crippen molar-refractivity contribution in [1.82, 2.24) is 15.5 Å². The molecule has 3 atom stereocenters. The highest BCUT2D eigenvalue weighted by Crippen LogP contribution is 2.19. The van der Waals surface area contributed by atoms with E-state index in [1.165, 1.54) is 4.90 Å². The van der Waals surface area contributed by atoms with Gasteiger partial charge in [-0.2, -0.15) is 0 Å². The number of likely N-dealkylation sites (tertiary alicyclic amines) is 1. The van der Waals surface area contributed by atoms with E-state index >= 15 is 0 Å². The summed E-state index contributed by atoms with van der Waals surface area (Å²) < 4.78 is 0. The van der Waals surface area contributed by atoms with Crippen LogP contribution in [0.4, 0.5) is 0 Å². The summed E-state index contributed by atoms with van der Waals surface area (Å²) in [4.78, 5) is 50.3. The van der Waals surface area contributed by atoms with Crippen LogP contribution >= 0.6 is 0 Å². The minimum absolute atomic E-state index is 0.260. The first kappa shape index (κ1) is 25.3. The summed E-state index contributed by atoms with van der Waals surface area (Å²) in [6, 6.07) is 6.91. The van der Waals surface area contributed by atoms with Crippen molar-refractivity contribution in [2.45, 2.75) is 56.7 Å². The van der Waals surface area contributed by atoms with Gasteiger partial charge in [-0.1, -0.05) is 30.3 Å². The van der Waals surface area contributed by atoms with Crippen LogP contribution in [0.25, 0.3) is 0 Å². The van der Waals surface area contributed by atoms with Gasteiger partial charge in [-0.3, -0.25) is 14.4 Å². The monoisotopic (exact) mass is 447 g/mol. The SMILES string of the molecule is NCCCCC(NC(=O)CNC(=O)C1CCCN1C(=O)C(N)Cc1ccccc1)C(=O)O. The van der Waals surface area contributed by atoms with Crippen LogP contribution in [0.3, 0.4) is 0 Å². The quantitative estimate of drug-likeness (QED) is 0.266. The molecule has 0 radical (unpaired) electrons. The summed E-state index contributed by atoms with van der Waals surface area (Å²) in [6.07, 6.45) is 3.01. The largest absolute Gasteiger partial charge is 0.480 e. The Labute approximate surface area is 187 Å². The van der Waals surface area contributed by atoms with Gasteiger partial charge in [-0.15, -0.1) is 0 Å². The molecule has 0 aliphatic carbocycles. The molecule has 1 aliphatic rings.